The molecule has 114 valence electrons. The minimum atomic E-state index is 0.302. The quantitative estimate of drug-likeness (QED) is 0.597. The molecule has 0 saturated carbocycles. The Bertz CT molecular complexity index is 396. The van der Waals surface area contributed by atoms with Crippen LogP contribution in [0.3, 0.4) is 0 Å². The molecule has 2 heterocycles. The van der Waals surface area contributed by atoms with Gasteiger partial charge in [-0.05, 0) is 12.8 Å². The van der Waals surface area contributed by atoms with E-state index in [1.165, 1.54) is 17.9 Å². The molecule has 0 aromatic carbocycles. The highest BCUT2D eigenvalue weighted by atomic mass is 32.2. The Morgan fingerprint density at radius 3 is 2.95 bits per heavy atom. The molecule has 0 amide bonds. The van der Waals surface area contributed by atoms with E-state index in [0.717, 1.165) is 25.2 Å². The van der Waals surface area contributed by atoms with Crippen molar-refractivity contribution in [2.75, 3.05) is 11.5 Å². The Hall–Kier alpha value is -0.170. The van der Waals surface area contributed by atoms with Crippen molar-refractivity contribution in [2.24, 2.45) is 5.84 Å². The van der Waals surface area contributed by atoms with E-state index in [4.69, 9.17) is 5.84 Å². The van der Waals surface area contributed by atoms with E-state index in [-0.39, 0.29) is 0 Å². The molecule has 0 radical (unpaired) electrons. The zero-order chi connectivity index (χ0) is 14.4. The number of nitrogens with one attached hydrogen (secondary N) is 1. The van der Waals surface area contributed by atoms with Crippen LogP contribution in [-0.4, -0.2) is 37.6 Å². The second-order valence-electron chi connectivity index (χ2n) is 5.17. The number of thioether (sulfide) groups is 2. The zero-order valence-corrected chi connectivity index (χ0v) is 14.1. The molecule has 0 bridgehead atoms. The second kappa shape index (κ2) is 8.32. The molecule has 0 aliphatic carbocycles. The van der Waals surface area contributed by atoms with Gasteiger partial charge in [-0.25, -0.2) is 4.98 Å². The standard InChI is InChI=1S/C14H26N4S2/c1-3-6-18-7-5-16-13(18)10-11(17-15)14-12(4-2)19-8-9-20-14/h5,7,11-12,14,17H,3-4,6,8-10,15H2,1-2H3. The van der Waals surface area contributed by atoms with Gasteiger partial charge in [0.05, 0.1) is 0 Å². The van der Waals surface area contributed by atoms with Crippen molar-refractivity contribution >= 4 is 23.5 Å². The van der Waals surface area contributed by atoms with Gasteiger partial charge in [-0.2, -0.15) is 23.5 Å². The SMILES string of the molecule is CCCn1ccnc1CC(NN)C1SCCSC1CC. The van der Waals surface area contributed by atoms with Crippen LogP contribution in [0.4, 0.5) is 0 Å². The molecular formula is C14H26N4S2. The third-order valence-corrected chi connectivity index (χ3v) is 7.18. The summed E-state index contributed by atoms with van der Waals surface area (Å²) in [6.45, 7) is 5.52. The molecule has 20 heavy (non-hydrogen) atoms. The summed E-state index contributed by atoms with van der Waals surface area (Å²) < 4.78 is 2.26. The van der Waals surface area contributed by atoms with E-state index in [9.17, 15) is 0 Å². The Labute approximate surface area is 130 Å². The first-order valence-electron chi connectivity index (χ1n) is 7.49. The lowest BCUT2D eigenvalue weighted by Gasteiger charge is -2.35. The van der Waals surface area contributed by atoms with Crippen molar-refractivity contribution < 1.29 is 0 Å². The fourth-order valence-electron chi connectivity index (χ4n) is 2.75. The molecule has 4 nitrogen and oxygen atoms in total. The van der Waals surface area contributed by atoms with E-state index >= 15 is 0 Å². The normalized spacial score (nSPS) is 24.8. The van der Waals surface area contributed by atoms with Gasteiger partial charge in [0.1, 0.15) is 5.82 Å². The minimum Gasteiger partial charge on any atom is -0.335 e. The van der Waals surface area contributed by atoms with Crippen LogP contribution in [0.2, 0.25) is 0 Å². The minimum absolute atomic E-state index is 0.302. The molecular weight excluding hydrogens is 288 g/mol. The van der Waals surface area contributed by atoms with Gasteiger partial charge in [-0.15, -0.1) is 0 Å². The zero-order valence-electron chi connectivity index (χ0n) is 12.4. The van der Waals surface area contributed by atoms with E-state index < -0.39 is 0 Å². The van der Waals surface area contributed by atoms with Crippen molar-refractivity contribution in [2.45, 2.75) is 56.2 Å². The van der Waals surface area contributed by atoms with Crippen LogP contribution >= 0.6 is 23.5 Å². The monoisotopic (exact) mass is 314 g/mol. The molecule has 1 aromatic rings. The Morgan fingerprint density at radius 1 is 1.45 bits per heavy atom. The lowest BCUT2D eigenvalue weighted by Crippen LogP contribution is -2.49. The van der Waals surface area contributed by atoms with Gasteiger partial charge < -0.3 is 4.57 Å². The van der Waals surface area contributed by atoms with Gasteiger partial charge in [0.15, 0.2) is 0 Å². The van der Waals surface area contributed by atoms with Gasteiger partial charge in [0.25, 0.3) is 0 Å². The average molecular weight is 315 g/mol. The van der Waals surface area contributed by atoms with Crippen molar-refractivity contribution in [1.82, 2.24) is 15.0 Å². The van der Waals surface area contributed by atoms with E-state index in [2.05, 4.69) is 58.5 Å². The average Bonchev–Trinajstić information content (AvgIpc) is 2.92. The predicted octanol–water partition coefficient (Wildman–Crippen LogP) is 2.29. The van der Waals surface area contributed by atoms with E-state index in [1.54, 1.807) is 0 Å². The van der Waals surface area contributed by atoms with Crippen LogP contribution in [0.5, 0.6) is 0 Å². The van der Waals surface area contributed by atoms with Gasteiger partial charge in [-0.3, -0.25) is 11.3 Å². The molecule has 1 aromatic heterocycles. The summed E-state index contributed by atoms with van der Waals surface area (Å²) in [5.74, 6) is 9.50. The Kier molecular flexibility index (Phi) is 6.74. The van der Waals surface area contributed by atoms with Crippen molar-refractivity contribution in [3.8, 4) is 0 Å². The lowest BCUT2D eigenvalue weighted by atomic mass is 10.1. The maximum Gasteiger partial charge on any atom is 0.110 e. The number of aryl methyl sites for hydroxylation is 1. The topological polar surface area (TPSA) is 55.9 Å². The number of aromatic nitrogens is 2. The van der Waals surface area contributed by atoms with Gasteiger partial charge >= 0.3 is 0 Å². The Morgan fingerprint density at radius 2 is 2.25 bits per heavy atom. The molecule has 3 atom stereocenters. The first-order chi connectivity index (χ1) is 9.80. The maximum atomic E-state index is 5.85. The van der Waals surface area contributed by atoms with Crippen molar-refractivity contribution in [1.29, 1.82) is 0 Å². The number of hydrazine groups is 1. The highest BCUT2D eigenvalue weighted by molar-refractivity contribution is 8.07. The maximum absolute atomic E-state index is 5.85. The van der Waals surface area contributed by atoms with Gasteiger partial charge in [-0.1, -0.05) is 13.8 Å². The molecule has 1 aliphatic heterocycles. The third-order valence-electron chi connectivity index (χ3n) is 3.77. The molecule has 0 spiro atoms. The molecule has 3 N–H and O–H groups in total. The fourth-order valence-corrected chi connectivity index (χ4v) is 6.00. The predicted molar refractivity (Wildman–Crippen MR) is 90.1 cm³/mol. The number of hydrogen-bond acceptors (Lipinski definition) is 5. The molecule has 1 saturated heterocycles. The van der Waals surface area contributed by atoms with Crippen LogP contribution in [0, 0.1) is 0 Å². The van der Waals surface area contributed by atoms with Crippen LogP contribution < -0.4 is 11.3 Å². The number of nitrogens with zero attached hydrogens (tertiary/aromatic N) is 2. The van der Waals surface area contributed by atoms with E-state index in [1.807, 2.05) is 6.20 Å². The van der Waals surface area contributed by atoms with E-state index in [0.29, 0.717) is 16.5 Å². The summed E-state index contributed by atoms with van der Waals surface area (Å²) in [7, 11) is 0. The van der Waals surface area contributed by atoms with Gasteiger partial charge in [0.2, 0.25) is 0 Å². The summed E-state index contributed by atoms with van der Waals surface area (Å²) in [4.78, 5) is 4.52. The number of nitrogens with two attached hydrogens (primary N) is 1. The first kappa shape index (κ1) is 16.2. The summed E-state index contributed by atoms with van der Waals surface area (Å²) in [5.41, 5.74) is 3.06. The summed E-state index contributed by atoms with van der Waals surface area (Å²) in [6, 6.07) is 0.302. The number of hydrogen-bond donors (Lipinski definition) is 2. The molecule has 6 heteroatoms. The van der Waals surface area contributed by atoms with Gasteiger partial charge in [0, 0.05) is 53.4 Å². The number of rotatable bonds is 7. The number of imidazole rings is 1. The van der Waals surface area contributed by atoms with Crippen LogP contribution in [0.25, 0.3) is 0 Å². The molecule has 2 rings (SSSR count). The lowest BCUT2D eigenvalue weighted by molar-refractivity contribution is 0.470. The molecule has 1 fully saturated rings. The van der Waals surface area contributed by atoms with Crippen LogP contribution in [-0.2, 0) is 13.0 Å². The summed E-state index contributed by atoms with van der Waals surface area (Å²) >= 11 is 4.17. The summed E-state index contributed by atoms with van der Waals surface area (Å²) in [5, 5.41) is 1.28. The first-order valence-corrected chi connectivity index (χ1v) is 9.59. The second-order valence-corrected chi connectivity index (χ2v) is 7.80. The molecule has 3 unspecified atom stereocenters. The third kappa shape index (κ3) is 3.93. The summed E-state index contributed by atoms with van der Waals surface area (Å²) in [6.07, 6.45) is 7.24. The highest BCUT2D eigenvalue weighted by Crippen LogP contribution is 2.35. The van der Waals surface area contributed by atoms with Crippen LogP contribution in [0.1, 0.15) is 32.5 Å². The van der Waals surface area contributed by atoms with Crippen molar-refractivity contribution in [3.05, 3.63) is 18.2 Å². The Balaban J connectivity index is 2.05. The van der Waals surface area contributed by atoms with Crippen molar-refractivity contribution in [3.63, 3.8) is 0 Å². The highest BCUT2D eigenvalue weighted by Gasteiger charge is 2.32. The largest absolute Gasteiger partial charge is 0.335 e. The molecule has 1 aliphatic rings. The van der Waals surface area contributed by atoms with Crippen LogP contribution in [0.15, 0.2) is 12.4 Å². The smallest absolute Gasteiger partial charge is 0.110 e. The fraction of sp³-hybridized carbons (Fsp3) is 0.786.